The van der Waals surface area contributed by atoms with Crippen molar-refractivity contribution < 1.29 is 4.79 Å². The number of carbonyl (C=O) groups is 1. The molecule has 0 saturated heterocycles. The van der Waals surface area contributed by atoms with Gasteiger partial charge < -0.3 is 11.1 Å². The van der Waals surface area contributed by atoms with Crippen LogP contribution in [0.1, 0.15) is 19.8 Å². The molecule has 0 heterocycles. The van der Waals surface area contributed by atoms with Crippen LogP contribution in [-0.2, 0) is 4.79 Å². The number of hydrogen-bond donors (Lipinski definition) is 2. The summed E-state index contributed by atoms with van der Waals surface area (Å²) in [6, 6.07) is 4.99. The smallest absolute Gasteiger partial charge is 0.228 e. The minimum absolute atomic E-state index is 0.0762. The molecule has 1 unspecified atom stereocenters. The number of anilines is 1. The first-order valence-electron chi connectivity index (χ1n) is 5.54. The Morgan fingerprint density at radius 3 is 2.65 bits per heavy atom. The van der Waals surface area contributed by atoms with E-state index < -0.39 is 0 Å². The molecule has 5 heteroatoms. The van der Waals surface area contributed by atoms with Crippen molar-refractivity contribution in [3.8, 4) is 0 Å². The normalized spacial score (nSPS) is 12.2. The maximum absolute atomic E-state index is 11.9. The fraction of sp³-hybridized carbons (Fsp3) is 0.417. The van der Waals surface area contributed by atoms with Gasteiger partial charge in [0.2, 0.25) is 5.91 Å². The number of halogens is 2. The highest BCUT2D eigenvalue weighted by Crippen LogP contribution is 2.25. The first-order valence-corrected chi connectivity index (χ1v) is 6.30. The summed E-state index contributed by atoms with van der Waals surface area (Å²) in [6.07, 6.45) is 1.71. The summed E-state index contributed by atoms with van der Waals surface area (Å²) >= 11 is 11.7. The number of nitrogens with one attached hydrogen (secondary N) is 1. The summed E-state index contributed by atoms with van der Waals surface area (Å²) < 4.78 is 0. The molecule has 1 amide bonds. The lowest BCUT2D eigenvalue weighted by atomic mass is 10.0. The third-order valence-corrected chi connectivity index (χ3v) is 3.22. The number of hydrogen-bond acceptors (Lipinski definition) is 2. The van der Waals surface area contributed by atoms with Crippen molar-refractivity contribution in [3.63, 3.8) is 0 Å². The zero-order valence-electron chi connectivity index (χ0n) is 9.67. The molecular formula is C12H16Cl2N2O. The molecule has 0 radical (unpaired) electrons. The van der Waals surface area contributed by atoms with E-state index >= 15 is 0 Å². The molecule has 0 spiro atoms. The Balaban J connectivity index is 2.69. The Morgan fingerprint density at radius 1 is 1.41 bits per heavy atom. The Labute approximate surface area is 111 Å². The number of rotatable bonds is 5. The molecule has 0 aliphatic rings. The minimum atomic E-state index is -0.158. The number of carbonyl (C=O) groups excluding carboxylic acids is 1. The quantitative estimate of drug-likeness (QED) is 0.866. The fourth-order valence-electron chi connectivity index (χ4n) is 1.52. The molecule has 1 aromatic rings. The lowest BCUT2D eigenvalue weighted by molar-refractivity contribution is -0.119. The van der Waals surface area contributed by atoms with E-state index in [0.29, 0.717) is 22.3 Å². The second-order valence-corrected chi connectivity index (χ2v) is 4.65. The molecule has 0 aliphatic carbocycles. The lowest BCUT2D eigenvalue weighted by Crippen LogP contribution is -2.29. The predicted octanol–water partition coefficient (Wildman–Crippen LogP) is 3.31. The topological polar surface area (TPSA) is 55.1 Å². The lowest BCUT2D eigenvalue weighted by Gasteiger charge is -2.14. The summed E-state index contributed by atoms with van der Waals surface area (Å²) in [7, 11) is 0. The molecule has 0 saturated carbocycles. The Hall–Kier alpha value is -0.770. The Kier molecular flexibility index (Phi) is 5.75. The van der Waals surface area contributed by atoms with Gasteiger partial charge in [0, 0.05) is 12.2 Å². The average Bonchev–Trinajstić information content (AvgIpc) is 2.30. The van der Waals surface area contributed by atoms with Crippen molar-refractivity contribution in [2.45, 2.75) is 19.8 Å². The maximum Gasteiger partial charge on any atom is 0.228 e. The SMILES string of the molecule is CCCC(CN)C(=O)Nc1ccc(Cl)c(Cl)c1. The van der Waals surface area contributed by atoms with Crippen molar-refractivity contribution in [2.75, 3.05) is 11.9 Å². The van der Waals surface area contributed by atoms with Gasteiger partial charge in [-0.1, -0.05) is 36.5 Å². The Morgan fingerprint density at radius 2 is 2.12 bits per heavy atom. The molecule has 1 atom stereocenters. The molecule has 94 valence electrons. The van der Waals surface area contributed by atoms with Gasteiger partial charge in [-0.25, -0.2) is 0 Å². The zero-order chi connectivity index (χ0) is 12.8. The van der Waals surface area contributed by atoms with Crippen LogP contribution in [0.2, 0.25) is 10.0 Å². The number of amides is 1. The van der Waals surface area contributed by atoms with Crippen LogP contribution in [0, 0.1) is 5.92 Å². The van der Waals surface area contributed by atoms with E-state index in [2.05, 4.69) is 5.32 Å². The van der Waals surface area contributed by atoms with E-state index in [-0.39, 0.29) is 11.8 Å². The third kappa shape index (κ3) is 4.19. The van der Waals surface area contributed by atoms with Crippen molar-refractivity contribution >= 4 is 34.8 Å². The molecular weight excluding hydrogens is 259 g/mol. The average molecular weight is 275 g/mol. The third-order valence-electron chi connectivity index (χ3n) is 2.48. The van der Waals surface area contributed by atoms with Gasteiger partial charge in [-0.2, -0.15) is 0 Å². The van der Waals surface area contributed by atoms with Gasteiger partial charge in [0.1, 0.15) is 0 Å². The van der Waals surface area contributed by atoms with Crippen LogP contribution in [0.3, 0.4) is 0 Å². The van der Waals surface area contributed by atoms with E-state index in [1.165, 1.54) is 0 Å². The molecule has 0 aliphatic heterocycles. The van der Waals surface area contributed by atoms with Gasteiger partial charge in [-0.3, -0.25) is 4.79 Å². The number of benzene rings is 1. The van der Waals surface area contributed by atoms with Crippen LogP contribution in [0.4, 0.5) is 5.69 Å². The highest BCUT2D eigenvalue weighted by Gasteiger charge is 2.15. The van der Waals surface area contributed by atoms with Gasteiger partial charge in [0.15, 0.2) is 0 Å². The first-order chi connectivity index (χ1) is 8.08. The number of nitrogens with two attached hydrogens (primary N) is 1. The first kappa shape index (κ1) is 14.3. The molecule has 3 nitrogen and oxygen atoms in total. The van der Waals surface area contributed by atoms with Crippen molar-refractivity contribution in [2.24, 2.45) is 11.7 Å². The zero-order valence-corrected chi connectivity index (χ0v) is 11.2. The van der Waals surface area contributed by atoms with Crippen LogP contribution in [0.5, 0.6) is 0 Å². The van der Waals surface area contributed by atoms with E-state index in [1.54, 1.807) is 18.2 Å². The van der Waals surface area contributed by atoms with Crippen molar-refractivity contribution in [3.05, 3.63) is 28.2 Å². The van der Waals surface area contributed by atoms with Crippen LogP contribution in [0.15, 0.2) is 18.2 Å². The summed E-state index contributed by atoms with van der Waals surface area (Å²) in [4.78, 5) is 11.9. The standard InChI is InChI=1S/C12H16Cl2N2O/c1-2-3-8(7-15)12(17)16-9-4-5-10(13)11(14)6-9/h4-6,8H,2-3,7,15H2,1H3,(H,16,17). The van der Waals surface area contributed by atoms with Gasteiger partial charge in [0.25, 0.3) is 0 Å². The molecule has 0 aromatic heterocycles. The highest BCUT2D eigenvalue weighted by atomic mass is 35.5. The van der Waals surface area contributed by atoms with E-state index in [4.69, 9.17) is 28.9 Å². The second kappa shape index (κ2) is 6.84. The van der Waals surface area contributed by atoms with E-state index in [1.807, 2.05) is 6.92 Å². The van der Waals surface area contributed by atoms with E-state index in [0.717, 1.165) is 12.8 Å². The van der Waals surface area contributed by atoms with Gasteiger partial charge in [0.05, 0.1) is 16.0 Å². The van der Waals surface area contributed by atoms with Crippen molar-refractivity contribution in [1.29, 1.82) is 0 Å². The fourth-order valence-corrected chi connectivity index (χ4v) is 1.82. The van der Waals surface area contributed by atoms with Gasteiger partial charge >= 0.3 is 0 Å². The maximum atomic E-state index is 11.9. The minimum Gasteiger partial charge on any atom is -0.330 e. The summed E-state index contributed by atoms with van der Waals surface area (Å²) in [6.45, 7) is 2.37. The van der Waals surface area contributed by atoms with Crippen molar-refractivity contribution in [1.82, 2.24) is 0 Å². The van der Waals surface area contributed by atoms with Crippen LogP contribution in [0.25, 0.3) is 0 Å². The van der Waals surface area contributed by atoms with E-state index in [9.17, 15) is 4.79 Å². The summed E-state index contributed by atoms with van der Waals surface area (Å²) in [5.74, 6) is -0.234. The van der Waals surface area contributed by atoms with Gasteiger partial charge in [-0.15, -0.1) is 0 Å². The van der Waals surface area contributed by atoms with Crippen LogP contribution >= 0.6 is 23.2 Å². The van der Waals surface area contributed by atoms with Gasteiger partial charge in [-0.05, 0) is 24.6 Å². The van der Waals surface area contributed by atoms with Crippen LogP contribution in [-0.4, -0.2) is 12.5 Å². The summed E-state index contributed by atoms with van der Waals surface area (Å²) in [5, 5.41) is 3.67. The summed E-state index contributed by atoms with van der Waals surface area (Å²) in [5.41, 5.74) is 6.20. The molecule has 0 bridgehead atoms. The Bertz CT molecular complexity index is 396. The van der Waals surface area contributed by atoms with Crippen LogP contribution < -0.4 is 11.1 Å². The molecule has 1 aromatic carbocycles. The monoisotopic (exact) mass is 274 g/mol. The largest absolute Gasteiger partial charge is 0.330 e. The molecule has 3 N–H and O–H groups in total. The molecule has 1 rings (SSSR count). The molecule has 17 heavy (non-hydrogen) atoms. The predicted molar refractivity (Wildman–Crippen MR) is 72.5 cm³/mol. The second-order valence-electron chi connectivity index (χ2n) is 3.84. The molecule has 0 fully saturated rings. The highest BCUT2D eigenvalue weighted by molar-refractivity contribution is 6.42.